The monoisotopic (exact) mass is 195 g/mol. The third-order valence-corrected chi connectivity index (χ3v) is 1.97. The van der Waals surface area contributed by atoms with Gasteiger partial charge in [-0.1, -0.05) is 18.2 Å². The molecule has 4 heteroatoms. The van der Waals surface area contributed by atoms with Gasteiger partial charge in [-0.15, -0.1) is 0 Å². The van der Waals surface area contributed by atoms with E-state index in [2.05, 4.69) is 0 Å². The first-order chi connectivity index (χ1) is 6.65. The lowest BCUT2D eigenvalue weighted by Gasteiger charge is -2.07. The second-order valence-electron chi connectivity index (χ2n) is 3.06. The Morgan fingerprint density at radius 1 is 1.43 bits per heavy atom. The van der Waals surface area contributed by atoms with Crippen molar-refractivity contribution in [3.63, 3.8) is 0 Å². The Bertz CT molecular complexity index is 325. The van der Waals surface area contributed by atoms with Gasteiger partial charge in [0.05, 0.1) is 12.6 Å². The predicted octanol–water partition coefficient (Wildman–Crippen LogP) is -0.177. The lowest BCUT2D eigenvalue weighted by molar-refractivity contribution is -0.120. The highest BCUT2D eigenvalue weighted by Gasteiger charge is 2.14. The molecule has 0 saturated heterocycles. The molecule has 1 rings (SSSR count). The largest absolute Gasteiger partial charge is 0.508 e. The Kier molecular flexibility index (Phi) is 3.62. The molecule has 4 nitrogen and oxygen atoms in total. The quantitative estimate of drug-likeness (QED) is 0.622. The highest BCUT2D eigenvalue weighted by Crippen LogP contribution is 2.16. The first-order valence-corrected chi connectivity index (χ1v) is 4.31. The van der Waals surface area contributed by atoms with Crippen LogP contribution in [0, 0.1) is 0 Å². The first kappa shape index (κ1) is 10.7. The summed E-state index contributed by atoms with van der Waals surface area (Å²) in [7, 11) is 0. The minimum Gasteiger partial charge on any atom is -0.508 e. The molecule has 1 aromatic rings. The number of ketones is 1. The summed E-state index contributed by atoms with van der Waals surface area (Å²) in [6.45, 7) is -0.369. The number of phenolic OH excluding ortho intramolecular Hbond substituents is 1. The van der Waals surface area contributed by atoms with Crippen molar-refractivity contribution in [3.8, 4) is 5.75 Å². The molecule has 0 spiro atoms. The molecule has 0 radical (unpaired) electrons. The summed E-state index contributed by atoms with van der Waals surface area (Å²) >= 11 is 0. The van der Waals surface area contributed by atoms with Gasteiger partial charge < -0.3 is 15.9 Å². The summed E-state index contributed by atoms with van der Waals surface area (Å²) < 4.78 is 0. The maximum absolute atomic E-state index is 11.3. The van der Waals surface area contributed by atoms with Crippen LogP contribution in [0.25, 0.3) is 0 Å². The summed E-state index contributed by atoms with van der Waals surface area (Å²) in [6, 6.07) is 5.70. The number of hydrogen-bond acceptors (Lipinski definition) is 4. The number of phenols is 1. The van der Waals surface area contributed by atoms with E-state index in [0.29, 0.717) is 5.56 Å². The SMILES string of the molecule is NC(CO)C(=O)Cc1ccccc1O. The smallest absolute Gasteiger partial charge is 0.156 e. The van der Waals surface area contributed by atoms with Crippen LogP contribution in [0.3, 0.4) is 0 Å². The van der Waals surface area contributed by atoms with Crippen LogP contribution >= 0.6 is 0 Å². The zero-order chi connectivity index (χ0) is 10.6. The fourth-order valence-corrected chi connectivity index (χ4v) is 1.08. The molecule has 0 bridgehead atoms. The Hall–Kier alpha value is -1.39. The van der Waals surface area contributed by atoms with Gasteiger partial charge in [0, 0.05) is 12.0 Å². The standard InChI is InChI=1S/C10H13NO3/c11-8(6-12)10(14)5-7-3-1-2-4-9(7)13/h1-4,8,12-13H,5-6,11H2. The summed E-state index contributed by atoms with van der Waals surface area (Å²) in [4.78, 5) is 11.3. The molecule has 1 unspecified atom stereocenters. The number of benzene rings is 1. The molecule has 0 aliphatic carbocycles. The Labute approximate surface area is 82.0 Å². The van der Waals surface area contributed by atoms with Crippen molar-refractivity contribution in [2.75, 3.05) is 6.61 Å². The molecule has 76 valence electrons. The van der Waals surface area contributed by atoms with Gasteiger partial charge in [0.15, 0.2) is 5.78 Å². The molecular formula is C10H13NO3. The van der Waals surface area contributed by atoms with Crippen molar-refractivity contribution in [1.82, 2.24) is 0 Å². The molecule has 0 aliphatic heterocycles. The molecule has 1 aromatic carbocycles. The minimum absolute atomic E-state index is 0.0500. The van der Waals surface area contributed by atoms with Gasteiger partial charge in [-0.3, -0.25) is 4.79 Å². The average molecular weight is 195 g/mol. The maximum Gasteiger partial charge on any atom is 0.156 e. The number of nitrogens with two attached hydrogens (primary N) is 1. The molecule has 1 atom stereocenters. The lowest BCUT2D eigenvalue weighted by atomic mass is 10.0. The highest BCUT2D eigenvalue weighted by molar-refractivity contribution is 5.86. The van der Waals surface area contributed by atoms with Crippen LogP contribution in [0.15, 0.2) is 24.3 Å². The summed E-state index contributed by atoms with van der Waals surface area (Å²) in [5.41, 5.74) is 5.86. The predicted molar refractivity (Wildman–Crippen MR) is 51.9 cm³/mol. The first-order valence-electron chi connectivity index (χ1n) is 4.31. The Morgan fingerprint density at radius 3 is 2.64 bits per heavy atom. The second kappa shape index (κ2) is 4.74. The molecule has 0 amide bonds. The topological polar surface area (TPSA) is 83.5 Å². The van der Waals surface area contributed by atoms with Gasteiger partial charge in [-0.05, 0) is 6.07 Å². The Balaban J connectivity index is 2.70. The third kappa shape index (κ3) is 2.55. The van der Waals surface area contributed by atoms with Crippen molar-refractivity contribution in [1.29, 1.82) is 0 Å². The van der Waals surface area contributed by atoms with E-state index in [-0.39, 0.29) is 24.6 Å². The van der Waals surface area contributed by atoms with Gasteiger partial charge in [0.1, 0.15) is 5.75 Å². The number of carbonyl (C=O) groups excluding carboxylic acids is 1. The second-order valence-corrected chi connectivity index (χ2v) is 3.06. The van der Waals surface area contributed by atoms with Gasteiger partial charge in [0.25, 0.3) is 0 Å². The van der Waals surface area contributed by atoms with Crippen molar-refractivity contribution in [2.24, 2.45) is 5.73 Å². The van der Waals surface area contributed by atoms with E-state index in [4.69, 9.17) is 10.8 Å². The number of hydrogen-bond donors (Lipinski definition) is 3. The lowest BCUT2D eigenvalue weighted by Crippen LogP contribution is -2.35. The van der Waals surface area contributed by atoms with E-state index >= 15 is 0 Å². The molecule has 14 heavy (non-hydrogen) atoms. The van der Waals surface area contributed by atoms with E-state index in [1.165, 1.54) is 6.07 Å². The van der Waals surface area contributed by atoms with Crippen molar-refractivity contribution in [2.45, 2.75) is 12.5 Å². The van der Waals surface area contributed by atoms with E-state index < -0.39 is 6.04 Å². The van der Waals surface area contributed by atoms with Crippen molar-refractivity contribution in [3.05, 3.63) is 29.8 Å². The van der Waals surface area contributed by atoms with Gasteiger partial charge in [-0.25, -0.2) is 0 Å². The molecule has 0 saturated carbocycles. The summed E-state index contributed by atoms with van der Waals surface area (Å²) in [6.07, 6.45) is 0.0500. The van der Waals surface area contributed by atoms with Crippen LogP contribution in [-0.4, -0.2) is 28.6 Å². The molecule has 0 aliphatic rings. The number of rotatable bonds is 4. The van der Waals surface area contributed by atoms with Crippen LogP contribution in [0.2, 0.25) is 0 Å². The normalized spacial score (nSPS) is 12.4. The maximum atomic E-state index is 11.3. The van der Waals surface area contributed by atoms with Crippen molar-refractivity contribution < 1.29 is 15.0 Å². The zero-order valence-electron chi connectivity index (χ0n) is 7.68. The highest BCUT2D eigenvalue weighted by atomic mass is 16.3. The van der Waals surface area contributed by atoms with E-state index in [1.807, 2.05) is 0 Å². The number of aliphatic hydroxyl groups is 1. The number of para-hydroxylation sites is 1. The molecule has 0 fully saturated rings. The third-order valence-electron chi connectivity index (χ3n) is 1.97. The van der Waals surface area contributed by atoms with E-state index in [0.717, 1.165) is 0 Å². The minimum atomic E-state index is -0.866. The molecule has 0 aromatic heterocycles. The number of aromatic hydroxyl groups is 1. The van der Waals surface area contributed by atoms with Crippen LogP contribution in [0.5, 0.6) is 5.75 Å². The van der Waals surface area contributed by atoms with Gasteiger partial charge in [-0.2, -0.15) is 0 Å². The van der Waals surface area contributed by atoms with Crippen LogP contribution in [-0.2, 0) is 11.2 Å². The average Bonchev–Trinajstić information content (AvgIpc) is 2.20. The number of aliphatic hydroxyl groups excluding tert-OH is 1. The molecular weight excluding hydrogens is 182 g/mol. The molecule has 0 heterocycles. The van der Waals surface area contributed by atoms with E-state index in [1.54, 1.807) is 18.2 Å². The number of carbonyl (C=O) groups is 1. The zero-order valence-corrected chi connectivity index (χ0v) is 7.68. The summed E-state index contributed by atoms with van der Waals surface area (Å²) in [5.74, 6) is -0.208. The van der Waals surface area contributed by atoms with Crippen LogP contribution in [0.1, 0.15) is 5.56 Å². The van der Waals surface area contributed by atoms with Gasteiger partial charge >= 0.3 is 0 Å². The summed E-state index contributed by atoms with van der Waals surface area (Å²) in [5, 5.41) is 18.0. The van der Waals surface area contributed by atoms with Crippen molar-refractivity contribution >= 4 is 5.78 Å². The fourth-order valence-electron chi connectivity index (χ4n) is 1.08. The van der Waals surface area contributed by atoms with Crippen LogP contribution in [0.4, 0.5) is 0 Å². The van der Waals surface area contributed by atoms with Crippen LogP contribution < -0.4 is 5.73 Å². The Morgan fingerprint density at radius 2 is 2.07 bits per heavy atom. The fraction of sp³-hybridized carbons (Fsp3) is 0.300. The molecule has 4 N–H and O–H groups in total. The number of Topliss-reactive ketones (excluding diaryl/α,β-unsaturated/α-hetero) is 1. The van der Waals surface area contributed by atoms with E-state index in [9.17, 15) is 9.90 Å². The van der Waals surface area contributed by atoms with Gasteiger partial charge in [0.2, 0.25) is 0 Å².